The predicted octanol–water partition coefficient (Wildman–Crippen LogP) is 6.24. The number of benzene rings is 4. The lowest BCUT2D eigenvalue weighted by Crippen LogP contribution is -2.30. The average molecular weight is 612 g/mol. The van der Waals surface area contributed by atoms with E-state index in [1.165, 1.54) is 26.0 Å². The van der Waals surface area contributed by atoms with Crippen LogP contribution in [0.15, 0.2) is 108 Å². The molecule has 0 aliphatic carbocycles. The Balaban J connectivity index is 1.46. The zero-order valence-electron chi connectivity index (χ0n) is 24.6. The molecular formula is C34H33N3O6S. The summed E-state index contributed by atoms with van der Waals surface area (Å²) >= 11 is 1.33. The quantitative estimate of drug-likeness (QED) is 0.121. The first-order valence-electron chi connectivity index (χ1n) is 13.8. The van der Waals surface area contributed by atoms with Crippen molar-refractivity contribution in [1.29, 1.82) is 0 Å². The normalized spacial score (nSPS) is 10.8. The van der Waals surface area contributed by atoms with Crippen LogP contribution in [-0.2, 0) is 9.59 Å². The van der Waals surface area contributed by atoms with Crippen molar-refractivity contribution in [3.05, 3.63) is 114 Å². The molecule has 0 aliphatic rings. The number of methoxy groups -OCH3 is 2. The van der Waals surface area contributed by atoms with Gasteiger partial charge in [-0.3, -0.25) is 14.4 Å². The second-order valence-corrected chi connectivity index (χ2v) is 10.3. The first-order valence-corrected chi connectivity index (χ1v) is 14.7. The van der Waals surface area contributed by atoms with E-state index in [0.717, 1.165) is 10.6 Å². The van der Waals surface area contributed by atoms with Crippen molar-refractivity contribution in [3.63, 3.8) is 0 Å². The molecule has 0 saturated heterocycles. The number of rotatable bonds is 13. The molecule has 226 valence electrons. The fraction of sp³-hybridized carbons (Fsp3) is 0.147. The van der Waals surface area contributed by atoms with Crippen LogP contribution in [0, 0.1) is 0 Å². The highest BCUT2D eigenvalue weighted by atomic mass is 32.2. The molecule has 0 heterocycles. The van der Waals surface area contributed by atoms with Crippen molar-refractivity contribution in [2.75, 3.05) is 37.2 Å². The topological polar surface area (TPSA) is 115 Å². The van der Waals surface area contributed by atoms with Crippen LogP contribution in [0.2, 0.25) is 0 Å². The van der Waals surface area contributed by atoms with E-state index in [1.807, 2.05) is 13.0 Å². The monoisotopic (exact) mass is 611 g/mol. The summed E-state index contributed by atoms with van der Waals surface area (Å²) in [6, 6.07) is 28.1. The van der Waals surface area contributed by atoms with Gasteiger partial charge in [0.15, 0.2) is 11.5 Å². The molecule has 4 rings (SSSR count). The molecule has 0 atom stereocenters. The summed E-state index contributed by atoms with van der Waals surface area (Å²) in [5, 5.41) is 8.44. The van der Waals surface area contributed by atoms with E-state index in [1.54, 1.807) is 97.1 Å². The Hall–Kier alpha value is -5.22. The third-order valence-electron chi connectivity index (χ3n) is 6.16. The van der Waals surface area contributed by atoms with Gasteiger partial charge in [-0.25, -0.2) is 0 Å². The van der Waals surface area contributed by atoms with Gasteiger partial charge in [0.05, 0.1) is 26.6 Å². The van der Waals surface area contributed by atoms with Gasteiger partial charge >= 0.3 is 0 Å². The minimum atomic E-state index is -0.528. The summed E-state index contributed by atoms with van der Waals surface area (Å²) in [5.74, 6) is 0.785. The van der Waals surface area contributed by atoms with Crippen molar-refractivity contribution in [3.8, 4) is 17.2 Å². The highest BCUT2D eigenvalue weighted by molar-refractivity contribution is 8.00. The Bertz CT molecular complexity index is 1620. The Morgan fingerprint density at radius 1 is 0.773 bits per heavy atom. The predicted molar refractivity (Wildman–Crippen MR) is 173 cm³/mol. The summed E-state index contributed by atoms with van der Waals surface area (Å²) < 4.78 is 16.1. The Morgan fingerprint density at radius 3 is 2.23 bits per heavy atom. The molecule has 44 heavy (non-hydrogen) atoms. The van der Waals surface area contributed by atoms with E-state index in [9.17, 15) is 14.4 Å². The molecule has 3 N–H and O–H groups in total. The van der Waals surface area contributed by atoms with E-state index in [-0.39, 0.29) is 17.4 Å². The van der Waals surface area contributed by atoms with Crippen molar-refractivity contribution in [2.24, 2.45) is 0 Å². The molecule has 4 aromatic carbocycles. The Labute approximate surface area is 260 Å². The van der Waals surface area contributed by atoms with E-state index in [2.05, 4.69) is 16.0 Å². The van der Waals surface area contributed by atoms with Crippen molar-refractivity contribution < 1.29 is 28.6 Å². The number of nitrogens with one attached hydrogen (secondary N) is 3. The maximum absolute atomic E-state index is 13.5. The fourth-order valence-electron chi connectivity index (χ4n) is 4.06. The molecule has 10 heteroatoms. The number of carbonyl (C=O) groups is 3. The van der Waals surface area contributed by atoms with Gasteiger partial charge in [0.25, 0.3) is 11.8 Å². The molecule has 0 unspecified atom stereocenters. The molecule has 4 aromatic rings. The van der Waals surface area contributed by atoms with Gasteiger partial charge in [0, 0.05) is 21.8 Å². The van der Waals surface area contributed by atoms with Gasteiger partial charge in [0.2, 0.25) is 5.91 Å². The van der Waals surface area contributed by atoms with Gasteiger partial charge in [-0.1, -0.05) is 30.3 Å². The maximum atomic E-state index is 13.5. The van der Waals surface area contributed by atoms with Crippen LogP contribution < -0.4 is 30.2 Å². The fourth-order valence-corrected chi connectivity index (χ4v) is 4.82. The maximum Gasteiger partial charge on any atom is 0.272 e. The molecule has 0 fully saturated rings. The zero-order valence-corrected chi connectivity index (χ0v) is 25.4. The second kappa shape index (κ2) is 15.9. The van der Waals surface area contributed by atoms with Gasteiger partial charge < -0.3 is 30.2 Å². The number of hydrogen-bond donors (Lipinski definition) is 3. The zero-order chi connectivity index (χ0) is 31.3. The van der Waals surface area contributed by atoms with Crippen LogP contribution in [0.4, 0.5) is 11.4 Å². The molecule has 0 aliphatic heterocycles. The van der Waals surface area contributed by atoms with E-state index >= 15 is 0 Å². The standard InChI is InChI=1S/C34H33N3O6S/c1-4-43-27-16-14-25(15-17-27)35-32(38)22-44-28-12-8-11-26(21-28)36-34(40)29(37-33(39)24-9-6-5-7-10-24)19-23-13-18-30(41-2)31(20-23)42-3/h5-21H,4,22H2,1-3H3,(H,35,38)(H,36,40)(H,37,39)/b29-19+. The number of hydrogen-bond acceptors (Lipinski definition) is 7. The summed E-state index contributed by atoms with van der Waals surface area (Å²) in [6.07, 6.45) is 1.56. The number of amides is 3. The van der Waals surface area contributed by atoms with Gasteiger partial charge in [-0.2, -0.15) is 0 Å². The van der Waals surface area contributed by atoms with E-state index in [0.29, 0.717) is 40.6 Å². The molecule has 0 bridgehead atoms. The lowest BCUT2D eigenvalue weighted by atomic mass is 10.1. The van der Waals surface area contributed by atoms with E-state index in [4.69, 9.17) is 14.2 Å². The second-order valence-electron chi connectivity index (χ2n) is 9.27. The van der Waals surface area contributed by atoms with Gasteiger partial charge in [-0.15, -0.1) is 11.8 Å². The highest BCUT2D eigenvalue weighted by Gasteiger charge is 2.16. The number of carbonyl (C=O) groups excluding carboxylic acids is 3. The molecular weight excluding hydrogens is 578 g/mol. The van der Waals surface area contributed by atoms with Crippen LogP contribution in [0.5, 0.6) is 17.2 Å². The molecule has 0 aromatic heterocycles. The van der Waals surface area contributed by atoms with Crippen LogP contribution in [0.1, 0.15) is 22.8 Å². The van der Waals surface area contributed by atoms with Crippen LogP contribution in [0.25, 0.3) is 6.08 Å². The van der Waals surface area contributed by atoms with Crippen LogP contribution in [0.3, 0.4) is 0 Å². The largest absolute Gasteiger partial charge is 0.494 e. The van der Waals surface area contributed by atoms with Crippen LogP contribution in [-0.4, -0.2) is 44.3 Å². The SMILES string of the molecule is CCOc1ccc(NC(=O)CSc2cccc(NC(=O)/C(=C\c3ccc(OC)c(OC)c3)NC(=O)c3ccccc3)c2)cc1. The van der Waals surface area contributed by atoms with E-state index < -0.39 is 11.8 Å². The Morgan fingerprint density at radius 2 is 1.52 bits per heavy atom. The minimum absolute atomic E-state index is 0.0267. The van der Waals surface area contributed by atoms with Crippen LogP contribution >= 0.6 is 11.8 Å². The average Bonchev–Trinajstić information content (AvgIpc) is 3.05. The first-order chi connectivity index (χ1) is 21.4. The molecule has 3 amide bonds. The molecule has 0 saturated carbocycles. The van der Waals surface area contributed by atoms with Gasteiger partial charge in [0.1, 0.15) is 11.4 Å². The smallest absolute Gasteiger partial charge is 0.272 e. The molecule has 9 nitrogen and oxygen atoms in total. The Kier molecular flexibility index (Phi) is 11.4. The number of anilines is 2. The van der Waals surface area contributed by atoms with Crippen molar-refractivity contribution in [2.45, 2.75) is 11.8 Å². The highest BCUT2D eigenvalue weighted by Crippen LogP contribution is 2.29. The summed E-state index contributed by atoms with van der Waals surface area (Å²) in [7, 11) is 3.05. The molecule has 0 radical (unpaired) electrons. The third kappa shape index (κ3) is 9.14. The number of ether oxygens (including phenoxy) is 3. The first kappa shape index (κ1) is 31.7. The van der Waals surface area contributed by atoms with Gasteiger partial charge in [-0.05, 0) is 85.3 Å². The summed E-state index contributed by atoms with van der Waals surface area (Å²) in [6.45, 7) is 2.48. The summed E-state index contributed by atoms with van der Waals surface area (Å²) in [4.78, 5) is 39.8. The van der Waals surface area contributed by atoms with Crippen molar-refractivity contribution in [1.82, 2.24) is 5.32 Å². The third-order valence-corrected chi connectivity index (χ3v) is 7.15. The number of thioether (sulfide) groups is 1. The van der Waals surface area contributed by atoms with Crippen molar-refractivity contribution >= 4 is 46.9 Å². The minimum Gasteiger partial charge on any atom is -0.494 e. The lowest BCUT2D eigenvalue weighted by molar-refractivity contribution is -0.114. The molecule has 0 spiro atoms. The summed E-state index contributed by atoms with van der Waals surface area (Å²) in [5.41, 5.74) is 2.22. The lowest BCUT2D eigenvalue weighted by Gasteiger charge is -2.13.